The Morgan fingerprint density at radius 1 is 1.32 bits per heavy atom. The summed E-state index contributed by atoms with van der Waals surface area (Å²) in [5, 5.41) is 21.3. The van der Waals surface area contributed by atoms with Gasteiger partial charge in [-0.15, -0.1) is 5.10 Å². The molecule has 1 atom stereocenters. The molecule has 1 aromatic carbocycles. The molecule has 8 nitrogen and oxygen atoms in total. The molecule has 0 radical (unpaired) electrons. The van der Waals surface area contributed by atoms with E-state index in [1.807, 2.05) is 30.3 Å². The number of benzene rings is 1. The van der Waals surface area contributed by atoms with Crippen LogP contribution in [0.1, 0.15) is 24.8 Å². The summed E-state index contributed by atoms with van der Waals surface area (Å²) in [6, 6.07) is 9.41. The lowest BCUT2D eigenvalue weighted by molar-refractivity contribution is -0.137. The minimum atomic E-state index is -0.906. The van der Waals surface area contributed by atoms with Crippen LogP contribution in [0.2, 0.25) is 0 Å². The van der Waals surface area contributed by atoms with Crippen molar-refractivity contribution in [2.75, 3.05) is 6.54 Å². The summed E-state index contributed by atoms with van der Waals surface area (Å²) in [4.78, 5) is 34.0. The van der Waals surface area contributed by atoms with Gasteiger partial charge >= 0.3 is 5.97 Å². The number of carboxylic acid groups (broad SMARTS) is 1. The molecule has 0 bridgehead atoms. The van der Waals surface area contributed by atoms with E-state index in [0.29, 0.717) is 11.6 Å². The Balaban J connectivity index is 1.77. The van der Waals surface area contributed by atoms with Crippen LogP contribution in [0.15, 0.2) is 40.5 Å². The number of thioether (sulfide) groups is 1. The number of hydrogen-bond donors (Lipinski definition) is 3. The van der Waals surface area contributed by atoms with Crippen LogP contribution in [0.4, 0.5) is 0 Å². The Bertz CT molecular complexity index is 691. The molecule has 0 aromatic heterocycles. The van der Waals surface area contributed by atoms with Gasteiger partial charge < -0.3 is 15.7 Å². The molecule has 0 spiro atoms. The van der Waals surface area contributed by atoms with Crippen molar-refractivity contribution in [2.24, 2.45) is 10.2 Å². The maximum absolute atomic E-state index is 11.9. The van der Waals surface area contributed by atoms with Crippen molar-refractivity contribution in [1.82, 2.24) is 10.6 Å². The molecule has 1 fully saturated rings. The van der Waals surface area contributed by atoms with Gasteiger partial charge in [-0.05, 0) is 12.0 Å². The molecule has 1 saturated heterocycles. The largest absolute Gasteiger partial charge is 0.481 e. The number of carbonyl (C=O) groups excluding carboxylic acids is 2. The molecular weight excluding hydrogens is 344 g/mol. The molecule has 1 unspecified atom stereocenters. The van der Waals surface area contributed by atoms with Crippen molar-refractivity contribution in [3.63, 3.8) is 0 Å². The third-order valence-electron chi connectivity index (χ3n) is 3.19. The highest BCUT2D eigenvalue weighted by Crippen LogP contribution is 2.22. The van der Waals surface area contributed by atoms with Crippen LogP contribution in [0.5, 0.6) is 0 Å². The fourth-order valence-electron chi connectivity index (χ4n) is 1.98. The average Bonchev–Trinajstić information content (AvgIpc) is 2.92. The second kappa shape index (κ2) is 9.58. The normalized spacial score (nSPS) is 18.5. The zero-order valence-electron chi connectivity index (χ0n) is 13.3. The van der Waals surface area contributed by atoms with Gasteiger partial charge in [-0.25, -0.2) is 0 Å². The average molecular weight is 362 g/mol. The summed E-state index contributed by atoms with van der Waals surface area (Å²) < 4.78 is 0. The zero-order valence-corrected chi connectivity index (χ0v) is 14.2. The number of amides is 2. The molecule has 3 N–H and O–H groups in total. The highest BCUT2D eigenvalue weighted by Gasteiger charge is 2.32. The molecule has 1 aliphatic heterocycles. The lowest BCUT2D eigenvalue weighted by Crippen LogP contribution is -2.31. The first kappa shape index (κ1) is 18.7. The Morgan fingerprint density at radius 2 is 2.08 bits per heavy atom. The van der Waals surface area contributed by atoms with Gasteiger partial charge in [0.2, 0.25) is 11.8 Å². The second-order valence-corrected chi connectivity index (χ2v) is 6.40. The van der Waals surface area contributed by atoms with Crippen LogP contribution >= 0.6 is 11.8 Å². The molecule has 2 rings (SSSR count). The Labute approximate surface area is 148 Å². The molecule has 2 amide bonds. The van der Waals surface area contributed by atoms with E-state index in [1.54, 1.807) is 6.21 Å². The summed E-state index contributed by atoms with van der Waals surface area (Å²) in [7, 11) is 0. The monoisotopic (exact) mass is 362 g/mol. The first-order valence-corrected chi connectivity index (χ1v) is 8.54. The SMILES string of the molecule is O=C(O)CCCNC(=O)CC1S/C(=N/N=C/c2ccccc2)NC1=O. The van der Waals surface area contributed by atoms with Crippen molar-refractivity contribution in [3.05, 3.63) is 35.9 Å². The lowest BCUT2D eigenvalue weighted by atomic mass is 10.2. The third-order valence-corrected chi connectivity index (χ3v) is 4.26. The van der Waals surface area contributed by atoms with E-state index in [1.165, 1.54) is 0 Å². The molecule has 132 valence electrons. The number of amidine groups is 1. The Kier molecular flexibility index (Phi) is 7.15. The van der Waals surface area contributed by atoms with E-state index in [4.69, 9.17) is 5.11 Å². The highest BCUT2D eigenvalue weighted by atomic mass is 32.2. The fraction of sp³-hybridized carbons (Fsp3) is 0.312. The molecule has 0 saturated carbocycles. The van der Waals surface area contributed by atoms with Crippen LogP contribution in [0.3, 0.4) is 0 Å². The summed E-state index contributed by atoms with van der Waals surface area (Å²) >= 11 is 1.15. The van der Waals surface area contributed by atoms with Crippen LogP contribution in [-0.2, 0) is 14.4 Å². The van der Waals surface area contributed by atoms with Gasteiger partial charge in [-0.2, -0.15) is 5.10 Å². The number of nitrogens with one attached hydrogen (secondary N) is 2. The van der Waals surface area contributed by atoms with Crippen LogP contribution in [-0.4, -0.2) is 46.1 Å². The van der Waals surface area contributed by atoms with E-state index in [-0.39, 0.29) is 31.2 Å². The first-order valence-electron chi connectivity index (χ1n) is 7.66. The molecule has 1 heterocycles. The first-order chi connectivity index (χ1) is 12.0. The van der Waals surface area contributed by atoms with Crippen molar-refractivity contribution >= 4 is 40.9 Å². The number of aliphatic carboxylic acids is 1. The number of carbonyl (C=O) groups is 3. The molecule has 25 heavy (non-hydrogen) atoms. The maximum atomic E-state index is 11.9. The minimum absolute atomic E-state index is 0.00479. The van der Waals surface area contributed by atoms with Crippen molar-refractivity contribution in [2.45, 2.75) is 24.5 Å². The fourth-order valence-corrected chi connectivity index (χ4v) is 2.91. The summed E-state index contributed by atoms with van der Waals surface area (Å²) in [5.41, 5.74) is 0.887. The third kappa shape index (κ3) is 6.76. The van der Waals surface area contributed by atoms with E-state index in [9.17, 15) is 14.4 Å². The number of rotatable bonds is 8. The predicted octanol–water partition coefficient (Wildman–Crippen LogP) is 0.979. The standard InChI is InChI=1S/C16H18N4O4S/c21-13(17-8-4-7-14(22)23)9-12-15(24)19-16(25-12)20-18-10-11-5-2-1-3-6-11/h1-3,5-6,10,12H,4,7-9H2,(H,17,21)(H,22,23)(H,19,20,24)/b18-10+. The van der Waals surface area contributed by atoms with E-state index in [0.717, 1.165) is 17.3 Å². The smallest absolute Gasteiger partial charge is 0.303 e. The van der Waals surface area contributed by atoms with Gasteiger partial charge in [0.25, 0.3) is 0 Å². The van der Waals surface area contributed by atoms with Crippen LogP contribution < -0.4 is 10.6 Å². The Hall–Kier alpha value is -2.68. The van der Waals surface area contributed by atoms with Gasteiger partial charge in [0.15, 0.2) is 5.17 Å². The molecular formula is C16H18N4O4S. The Morgan fingerprint density at radius 3 is 2.80 bits per heavy atom. The van der Waals surface area contributed by atoms with E-state index < -0.39 is 11.2 Å². The van der Waals surface area contributed by atoms with Gasteiger partial charge in [0.05, 0.1) is 6.21 Å². The summed E-state index contributed by atoms with van der Waals surface area (Å²) in [6.07, 6.45) is 1.92. The number of hydrogen-bond acceptors (Lipinski definition) is 6. The minimum Gasteiger partial charge on any atom is -0.481 e. The van der Waals surface area contributed by atoms with Crippen molar-refractivity contribution in [3.8, 4) is 0 Å². The molecule has 1 aliphatic rings. The molecule has 1 aromatic rings. The van der Waals surface area contributed by atoms with Gasteiger partial charge in [-0.3, -0.25) is 14.4 Å². The van der Waals surface area contributed by atoms with Crippen molar-refractivity contribution in [1.29, 1.82) is 0 Å². The second-order valence-electron chi connectivity index (χ2n) is 5.21. The lowest BCUT2D eigenvalue weighted by Gasteiger charge is -2.06. The van der Waals surface area contributed by atoms with Crippen LogP contribution in [0, 0.1) is 0 Å². The quantitative estimate of drug-likeness (QED) is 0.362. The van der Waals surface area contributed by atoms with Crippen molar-refractivity contribution < 1.29 is 19.5 Å². The summed E-state index contributed by atoms with van der Waals surface area (Å²) in [5.74, 6) is -1.50. The summed E-state index contributed by atoms with van der Waals surface area (Å²) in [6.45, 7) is 0.270. The van der Waals surface area contributed by atoms with Gasteiger partial charge in [0, 0.05) is 19.4 Å². The molecule has 9 heteroatoms. The van der Waals surface area contributed by atoms with Gasteiger partial charge in [-0.1, -0.05) is 42.1 Å². The number of nitrogens with zero attached hydrogens (tertiary/aromatic N) is 2. The topological polar surface area (TPSA) is 120 Å². The van der Waals surface area contributed by atoms with Gasteiger partial charge in [0.1, 0.15) is 5.25 Å². The zero-order chi connectivity index (χ0) is 18.1. The highest BCUT2D eigenvalue weighted by molar-refractivity contribution is 8.15. The predicted molar refractivity (Wildman–Crippen MR) is 95.5 cm³/mol. The van der Waals surface area contributed by atoms with Crippen LogP contribution in [0.25, 0.3) is 0 Å². The number of carboxylic acids is 1. The molecule has 0 aliphatic carbocycles. The van der Waals surface area contributed by atoms with E-state index >= 15 is 0 Å². The van der Waals surface area contributed by atoms with E-state index in [2.05, 4.69) is 20.8 Å². The maximum Gasteiger partial charge on any atom is 0.303 e.